The van der Waals surface area contributed by atoms with Gasteiger partial charge in [-0.3, -0.25) is 9.59 Å². The van der Waals surface area contributed by atoms with Gasteiger partial charge < -0.3 is 9.80 Å². The Morgan fingerprint density at radius 1 is 0.745 bits per heavy atom. The van der Waals surface area contributed by atoms with Crippen LogP contribution in [-0.4, -0.2) is 79.8 Å². The van der Waals surface area contributed by atoms with Crippen LogP contribution in [0.25, 0.3) is 0 Å². The number of benzene rings is 2. The van der Waals surface area contributed by atoms with Crippen molar-refractivity contribution in [2.75, 3.05) is 19.6 Å². The van der Waals surface area contributed by atoms with E-state index in [-0.39, 0.29) is 78.4 Å². The molecule has 2 fully saturated rings. The number of sulfone groups is 2. The Labute approximate surface area is 336 Å². The SMILES string of the molecule is CC1(F)CCN(C(=O)c2cccc(CS(=O)(=O)c3cccc(Cl)c3Cl)n2)CC1.Cc1cccc(S(=O)(=O)Cc2cccc(C(=O)N3CCCCC3C)n2)c1Cl. The third kappa shape index (κ3) is 10.6. The number of alkyl halides is 1. The molecule has 6 rings (SSSR count). The maximum atomic E-state index is 13.9. The molecular formula is C39H42Cl3FN4O6S2. The number of carbonyl (C=O) groups is 2. The van der Waals surface area contributed by atoms with E-state index in [0.29, 0.717) is 30.9 Å². The van der Waals surface area contributed by atoms with Crippen molar-refractivity contribution in [1.29, 1.82) is 0 Å². The first-order valence-corrected chi connectivity index (χ1v) is 22.2. The van der Waals surface area contributed by atoms with Crippen LogP contribution in [0.4, 0.5) is 4.39 Å². The maximum absolute atomic E-state index is 13.9. The molecule has 294 valence electrons. The molecule has 4 aromatic rings. The fourth-order valence-electron chi connectivity index (χ4n) is 6.37. The first-order valence-electron chi connectivity index (χ1n) is 17.7. The second-order valence-corrected chi connectivity index (χ2v) is 19.1. The number of piperidine rings is 2. The summed E-state index contributed by atoms with van der Waals surface area (Å²) in [5.74, 6) is -1.20. The van der Waals surface area contributed by atoms with Crippen LogP contribution in [0, 0.1) is 6.92 Å². The summed E-state index contributed by atoms with van der Waals surface area (Å²) in [4.78, 5) is 37.3. The molecule has 0 spiro atoms. The highest BCUT2D eigenvalue weighted by Crippen LogP contribution is 2.32. The molecule has 1 atom stereocenters. The Kier molecular flexibility index (Phi) is 13.7. The van der Waals surface area contributed by atoms with Crippen LogP contribution in [0.3, 0.4) is 0 Å². The lowest BCUT2D eigenvalue weighted by molar-refractivity contribution is 0.0498. The number of hydrogen-bond acceptors (Lipinski definition) is 8. The fraction of sp³-hybridized carbons (Fsp3) is 0.385. The monoisotopic (exact) mass is 850 g/mol. The first kappa shape index (κ1) is 42.5. The Morgan fingerprint density at radius 3 is 1.82 bits per heavy atom. The smallest absolute Gasteiger partial charge is 0.272 e. The summed E-state index contributed by atoms with van der Waals surface area (Å²) in [5.41, 5.74) is 0.404. The number of nitrogens with zero attached hydrogens (tertiary/aromatic N) is 4. The molecule has 0 N–H and O–H groups in total. The van der Waals surface area contributed by atoms with Gasteiger partial charge in [-0.05, 0) is 101 Å². The van der Waals surface area contributed by atoms with E-state index in [4.69, 9.17) is 34.8 Å². The molecular weight excluding hydrogens is 810 g/mol. The summed E-state index contributed by atoms with van der Waals surface area (Å²) < 4.78 is 64.9. The number of aryl methyl sites for hydroxylation is 1. The van der Waals surface area contributed by atoms with Crippen LogP contribution >= 0.6 is 34.8 Å². The molecule has 1 unspecified atom stereocenters. The molecule has 2 aromatic heterocycles. The van der Waals surface area contributed by atoms with Crippen molar-refractivity contribution >= 4 is 66.3 Å². The van der Waals surface area contributed by atoms with Gasteiger partial charge in [0.15, 0.2) is 19.7 Å². The van der Waals surface area contributed by atoms with E-state index in [1.54, 1.807) is 43.3 Å². The molecule has 2 amide bonds. The zero-order valence-electron chi connectivity index (χ0n) is 30.6. The summed E-state index contributed by atoms with van der Waals surface area (Å²) in [6.07, 6.45) is 3.61. The molecule has 2 aliphatic rings. The molecule has 0 bridgehead atoms. The van der Waals surface area contributed by atoms with Gasteiger partial charge in [0.1, 0.15) is 17.1 Å². The number of carbonyl (C=O) groups excluding carboxylic acids is 2. The largest absolute Gasteiger partial charge is 0.337 e. The van der Waals surface area contributed by atoms with Crippen LogP contribution in [0.15, 0.2) is 82.6 Å². The number of hydrogen-bond donors (Lipinski definition) is 0. The van der Waals surface area contributed by atoms with Gasteiger partial charge in [0.05, 0.1) is 47.8 Å². The lowest BCUT2D eigenvalue weighted by Gasteiger charge is -2.34. The van der Waals surface area contributed by atoms with Crippen molar-refractivity contribution in [1.82, 2.24) is 19.8 Å². The summed E-state index contributed by atoms with van der Waals surface area (Å²) in [6.45, 7) is 6.63. The van der Waals surface area contributed by atoms with Gasteiger partial charge >= 0.3 is 0 Å². The summed E-state index contributed by atoms with van der Waals surface area (Å²) in [5, 5.41) is 0.329. The Balaban J connectivity index is 0.000000211. The molecule has 0 radical (unpaired) electrons. The predicted molar refractivity (Wildman–Crippen MR) is 212 cm³/mol. The first-order chi connectivity index (χ1) is 25.9. The molecule has 2 aromatic carbocycles. The van der Waals surface area contributed by atoms with Crippen molar-refractivity contribution in [3.8, 4) is 0 Å². The Hall–Kier alpha value is -3.62. The third-order valence-electron chi connectivity index (χ3n) is 9.63. The zero-order valence-corrected chi connectivity index (χ0v) is 34.5. The van der Waals surface area contributed by atoms with Gasteiger partial charge in [-0.25, -0.2) is 31.2 Å². The van der Waals surface area contributed by atoms with Crippen LogP contribution in [0.5, 0.6) is 0 Å². The Bertz CT molecular complexity index is 2280. The zero-order chi connectivity index (χ0) is 40.1. The predicted octanol–water partition coefficient (Wildman–Crippen LogP) is 8.36. The normalized spacial score (nSPS) is 17.3. The number of likely N-dealkylation sites (tertiary alicyclic amines) is 2. The maximum Gasteiger partial charge on any atom is 0.272 e. The van der Waals surface area contributed by atoms with Gasteiger partial charge in [-0.2, -0.15) is 0 Å². The summed E-state index contributed by atoms with van der Waals surface area (Å²) in [7, 11) is -7.47. The summed E-state index contributed by atoms with van der Waals surface area (Å²) >= 11 is 18.1. The number of pyridine rings is 2. The minimum Gasteiger partial charge on any atom is -0.337 e. The van der Waals surface area contributed by atoms with Crippen LogP contribution in [0.2, 0.25) is 15.1 Å². The van der Waals surface area contributed by atoms with Gasteiger partial charge in [-0.15, -0.1) is 0 Å². The van der Waals surface area contributed by atoms with E-state index in [0.717, 1.165) is 19.3 Å². The number of aromatic nitrogens is 2. The van der Waals surface area contributed by atoms with Crippen molar-refractivity contribution in [3.05, 3.63) is 116 Å². The highest BCUT2D eigenvalue weighted by atomic mass is 35.5. The van der Waals surface area contributed by atoms with E-state index in [1.807, 2.05) is 11.8 Å². The van der Waals surface area contributed by atoms with Crippen LogP contribution in [-0.2, 0) is 31.2 Å². The highest BCUT2D eigenvalue weighted by Gasteiger charge is 2.32. The molecule has 0 saturated carbocycles. The standard InChI is InChI=1S/C20H23ClN2O3S.C19H19Cl2FN2O3S/c1-14-7-5-11-18(19(14)21)27(25,26)13-16-9-6-10-17(22-16)20(24)23-12-4-3-8-15(23)2;1-19(22)8-10-24(11-9-19)18(25)15-6-2-4-13(23-15)12-28(26,27)16-7-3-5-14(20)17(16)21/h5-7,9-11,15H,3-4,8,12-13H2,1-2H3;2-7H,8-12H2,1H3. The van der Waals surface area contributed by atoms with E-state index in [2.05, 4.69) is 9.97 Å². The van der Waals surface area contributed by atoms with Crippen molar-refractivity contribution in [3.63, 3.8) is 0 Å². The van der Waals surface area contributed by atoms with Crippen LogP contribution < -0.4 is 0 Å². The van der Waals surface area contributed by atoms with Crippen molar-refractivity contribution in [2.24, 2.45) is 0 Å². The number of rotatable bonds is 8. The molecule has 16 heteroatoms. The van der Waals surface area contributed by atoms with Gasteiger partial charge in [0, 0.05) is 25.7 Å². The lowest BCUT2D eigenvalue weighted by atomic mass is 9.95. The Morgan fingerprint density at radius 2 is 1.25 bits per heavy atom. The summed E-state index contributed by atoms with van der Waals surface area (Å²) in [6, 6.07) is 19.0. The van der Waals surface area contributed by atoms with Gasteiger partial charge in [0.25, 0.3) is 11.8 Å². The molecule has 0 aliphatic carbocycles. The second-order valence-electron chi connectivity index (χ2n) is 14.0. The average molecular weight is 852 g/mol. The van der Waals surface area contributed by atoms with E-state index in [1.165, 1.54) is 48.2 Å². The minimum absolute atomic E-state index is 0.0426. The lowest BCUT2D eigenvalue weighted by Crippen LogP contribution is -2.43. The molecule has 2 aliphatic heterocycles. The topological polar surface area (TPSA) is 135 Å². The quantitative estimate of drug-likeness (QED) is 0.173. The minimum atomic E-state index is -3.80. The van der Waals surface area contributed by atoms with Gasteiger partial charge in [0.2, 0.25) is 0 Å². The highest BCUT2D eigenvalue weighted by molar-refractivity contribution is 7.91. The van der Waals surface area contributed by atoms with E-state index in [9.17, 15) is 30.8 Å². The average Bonchev–Trinajstić information content (AvgIpc) is 3.13. The van der Waals surface area contributed by atoms with Crippen LogP contribution in [0.1, 0.15) is 83.9 Å². The molecule has 2 saturated heterocycles. The molecule has 10 nitrogen and oxygen atoms in total. The van der Waals surface area contributed by atoms with Crippen molar-refractivity contribution in [2.45, 2.75) is 85.9 Å². The molecule has 4 heterocycles. The number of amides is 2. The van der Waals surface area contributed by atoms with E-state index < -0.39 is 31.1 Å². The molecule has 55 heavy (non-hydrogen) atoms. The number of halogens is 4. The van der Waals surface area contributed by atoms with Gasteiger partial charge in [-0.1, -0.05) is 65.1 Å². The van der Waals surface area contributed by atoms with E-state index >= 15 is 0 Å². The second kappa shape index (κ2) is 17.7. The third-order valence-corrected chi connectivity index (χ3v) is 14.5. The fourth-order valence-corrected chi connectivity index (χ4v) is 10.4. The van der Waals surface area contributed by atoms with Crippen molar-refractivity contribution < 1.29 is 30.8 Å².